The molecular weight excluding hydrogens is 382 g/mol. The van der Waals surface area contributed by atoms with Crippen LogP contribution in [0.4, 0.5) is 0 Å². The topological polar surface area (TPSA) is 76.1 Å². The zero-order valence-electron chi connectivity index (χ0n) is 16.9. The SMILES string of the molecule is CCOc1cccc(/C(O)=C2/C(=O)C(=O)N(CC3CCCO3)C2c2ccccc2)c1. The first-order valence-corrected chi connectivity index (χ1v) is 10.3. The number of hydrogen-bond acceptors (Lipinski definition) is 5. The Labute approximate surface area is 175 Å². The molecule has 2 aliphatic rings. The van der Waals surface area contributed by atoms with Gasteiger partial charge in [-0.3, -0.25) is 9.59 Å². The minimum Gasteiger partial charge on any atom is -0.507 e. The Hall–Kier alpha value is -3.12. The molecule has 0 spiro atoms. The molecule has 2 aromatic rings. The second-order valence-corrected chi connectivity index (χ2v) is 7.46. The molecule has 2 heterocycles. The number of carbonyl (C=O) groups is 2. The molecule has 156 valence electrons. The van der Waals surface area contributed by atoms with Crippen LogP contribution in [-0.2, 0) is 14.3 Å². The van der Waals surface area contributed by atoms with Gasteiger partial charge in [0.25, 0.3) is 11.7 Å². The zero-order valence-corrected chi connectivity index (χ0v) is 16.9. The average molecular weight is 407 g/mol. The third-order valence-electron chi connectivity index (χ3n) is 5.50. The minimum absolute atomic E-state index is 0.0952. The molecule has 1 amide bonds. The number of ketones is 1. The number of hydrogen-bond donors (Lipinski definition) is 1. The molecule has 2 aromatic carbocycles. The normalized spacial score (nSPS) is 23.2. The van der Waals surface area contributed by atoms with E-state index in [9.17, 15) is 14.7 Å². The lowest BCUT2D eigenvalue weighted by Crippen LogP contribution is -2.36. The molecule has 0 aliphatic carbocycles. The summed E-state index contributed by atoms with van der Waals surface area (Å²) in [6.45, 7) is 3.34. The lowest BCUT2D eigenvalue weighted by Gasteiger charge is -2.27. The number of aliphatic hydroxyl groups is 1. The van der Waals surface area contributed by atoms with E-state index in [1.54, 1.807) is 24.3 Å². The summed E-state index contributed by atoms with van der Waals surface area (Å²) in [4.78, 5) is 27.5. The third-order valence-corrected chi connectivity index (χ3v) is 5.50. The second kappa shape index (κ2) is 8.71. The number of benzene rings is 2. The van der Waals surface area contributed by atoms with Crippen molar-refractivity contribution in [3.63, 3.8) is 0 Å². The van der Waals surface area contributed by atoms with Gasteiger partial charge < -0.3 is 19.5 Å². The Morgan fingerprint density at radius 1 is 1.17 bits per heavy atom. The van der Waals surface area contributed by atoms with Crippen molar-refractivity contribution in [3.05, 3.63) is 71.3 Å². The number of likely N-dealkylation sites (tertiary alicyclic amines) is 1. The first-order valence-electron chi connectivity index (χ1n) is 10.3. The number of ether oxygens (including phenoxy) is 2. The molecule has 0 bridgehead atoms. The van der Waals surface area contributed by atoms with E-state index in [1.807, 2.05) is 37.3 Å². The molecule has 6 nitrogen and oxygen atoms in total. The lowest BCUT2D eigenvalue weighted by atomic mass is 9.95. The van der Waals surface area contributed by atoms with Crippen molar-refractivity contribution in [1.82, 2.24) is 4.90 Å². The fourth-order valence-electron chi connectivity index (χ4n) is 4.11. The maximum Gasteiger partial charge on any atom is 0.295 e. The van der Waals surface area contributed by atoms with Crippen molar-refractivity contribution in [1.29, 1.82) is 0 Å². The van der Waals surface area contributed by atoms with Gasteiger partial charge in [0.15, 0.2) is 0 Å². The number of carbonyl (C=O) groups excluding carboxylic acids is 2. The van der Waals surface area contributed by atoms with Crippen LogP contribution in [0.25, 0.3) is 5.76 Å². The van der Waals surface area contributed by atoms with Gasteiger partial charge in [0.1, 0.15) is 11.5 Å². The molecular formula is C24H25NO5. The van der Waals surface area contributed by atoms with Crippen LogP contribution in [0.5, 0.6) is 5.75 Å². The molecule has 0 aromatic heterocycles. The van der Waals surface area contributed by atoms with Gasteiger partial charge >= 0.3 is 0 Å². The van der Waals surface area contributed by atoms with Gasteiger partial charge in [-0.15, -0.1) is 0 Å². The fraction of sp³-hybridized carbons (Fsp3) is 0.333. The van der Waals surface area contributed by atoms with Gasteiger partial charge in [-0.25, -0.2) is 0 Å². The summed E-state index contributed by atoms with van der Waals surface area (Å²) >= 11 is 0. The van der Waals surface area contributed by atoms with Crippen LogP contribution >= 0.6 is 0 Å². The van der Waals surface area contributed by atoms with Gasteiger partial charge in [0.05, 0.1) is 24.3 Å². The number of Topliss-reactive ketones (excluding diaryl/α,β-unsaturated/α-hetero) is 1. The molecule has 0 saturated carbocycles. The van der Waals surface area contributed by atoms with E-state index in [0.717, 1.165) is 18.4 Å². The Balaban J connectivity index is 1.79. The van der Waals surface area contributed by atoms with Crippen LogP contribution in [0, 0.1) is 0 Å². The van der Waals surface area contributed by atoms with Crippen LogP contribution < -0.4 is 4.74 Å². The van der Waals surface area contributed by atoms with Crippen molar-refractivity contribution in [3.8, 4) is 5.75 Å². The van der Waals surface area contributed by atoms with Crippen LogP contribution in [0.2, 0.25) is 0 Å². The quantitative estimate of drug-likeness (QED) is 0.449. The highest BCUT2D eigenvalue weighted by Gasteiger charge is 2.47. The average Bonchev–Trinajstić information content (AvgIpc) is 3.37. The fourth-order valence-corrected chi connectivity index (χ4v) is 4.11. The Kier molecular flexibility index (Phi) is 5.86. The van der Waals surface area contributed by atoms with Crippen LogP contribution in [0.3, 0.4) is 0 Å². The zero-order chi connectivity index (χ0) is 21.1. The molecule has 2 saturated heterocycles. The predicted octanol–water partition coefficient (Wildman–Crippen LogP) is 3.69. The van der Waals surface area contributed by atoms with Crippen molar-refractivity contribution >= 4 is 17.4 Å². The van der Waals surface area contributed by atoms with Gasteiger partial charge in [-0.1, -0.05) is 42.5 Å². The summed E-state index contributed by atoms with van der Waals surface area (Å²) in [6, 6.07) is 15.6. The molecule has 2 unspecified atom stereocenters. The lowest BCUT2D eigenvalue weighted by molar-refractivity contribution is -0.140. The van der Waals surface area contributed by atoms with E-state index in [-0.39, 0.29) is 17.4 Å². The molecule has 2 atom stereocenters. The largest absolute Gasteiger partial charge is 0.507 e. The standard InChI is InChI=1S/C24H25NO5/c1-2-29-18-11-6-10-17(14-18)22(26)20-21(16-8-4-3-5-9-16)25(24(28)23(20)27)15-19-12-7-13-30-19/h3-6,8-11,14,19,21,26H,2,7,12-13,15H2,1H3/b22-20-. The first-order chi connectivity index (χ1) is 14.6. The van der Waals surface area contributed by atoms with E-state index >= 15 is 0 Å². The van der Waals surface area contributed by atoms with E-state index < -0.39 is 17.7 Å². The summed E-state index contributed by atoms with van der Waals surface area (Å²) in [5.41, 5.74) is 1.31. The number of nitrogens with zero attached hydrogens (tertiary/aromatic N) is 1. The Bertz CT molecular complexity index is 963. The van der Waals surface area contributed by atoms with Gasteiger partial charge in [-0.05, 0) is 37.5 Å². The molecule has 4 rings (SSSR count). The van der Waals surface area contributed by atoms with E-state index in [1.165, 1.54) is 4.90 Å². The summed E-state index contributed by atoms with van der Waals surface area (Å²) in [5, 5.41) is 11.1. The minimum atomic E-state index is -0.679. The first kappa shape index (κ1) is 20.2. The van der Waals surface area contributed by atoms with Crippen molar-refractivity contribution in [2.45, 2.75) is 31.9 Å². The van der Waals surface area contributed by atoms with Crippen LogP contribution in [-0.4, -0.2) is 47.6 Å². The smallest absolute Gasteiger partial charge is 0.295 e. The monoisotopic (exact) mass is 407 g/mol. The highest BCUT2D eigenvalue weighted by molar-refractivity contribution is 6.46. The maximum atomic E-state index is 13.0. The molecule has 6 heteroatoms. The van der Waals surface area contributed by atoms with Gasteiger partial charge in [-0.2, -0.15) is 0 Å². The van der Waals surface area contributed by atoms with Gasteiger partial charge in [0.2, 0.25) is 0 Å². The van der Waals surface area contributed by atoms with Gasteiger partial charge in [0, 0.05) is 18.7 Å². The van der Waals surface area contributed by atoms with E-state index in [0.29, 0.717) is 31.1 Å². The second-order valence-electron chi connectivity index (χ2n) is 7.46. The van der Waals surface area contributed by atoms with Crippen molar-refractivity contribution in [2.24, 2.45) is 0 Å². The molecule has 2 fully saturated rings. The summed E-state index contributed by atoms with van der Waals surface area (Å²) < 4.78 is 11.2. The predicted molar refractivity (Wildman–Crippen MR) is 112 cm³/mol. The highest BCUT2D eigenvalue weighted by Crippen LogP contribution is 2.40. The summed E-state index contributed by atoms with van der Waals surface area (Å²) in [5.74, 6) is -0.895. The van der Waals surface area contributed by atoms with Crippen LogP contribution in [0.1, 0.15) is 36.9 Å². The third kappa shape index (κ3) is 3.83. The number of rotatable bonds is 6. The number of aliphatic hydroxyl groups excluding tert-OH is 1. The maximum absolute atomic E-state index is 13.0. The molecule has 0 radical (unpaired) electrons. The summed E-state index contributed by atoms with van der Waals surface area (Å²) in [7, 11) is 0. The summed E-state index contributed by atoms with van der Waals surface area (Å²) in [6.07, 6.45) is 1.69. The van der Waals surface area contributed by atoms with E-state index in [2.05, 4.69) is 0 Å². The van der Waals surface area contributed by atoms with Crippen molar-refractivity contribution in [2.75, 3.05) is 19.8 Å². The molecule has 1 N–H and O–H groups in total. The highest BCUT2D eigenvalue weighted by atomic mass is 16.5. The molecule has 2 aliphatic heterocycles. The Morgan fingerprint density at radius 2 is 1.97 bits per heavy atom. The molecule has 30 heavy (non-hydrogen) atoms. The Morgan fingerprint density at radius 3 is 2.67 bits per heavy atom. The van der Waals surface area contributed by atoms with E-state index in [4.69, 9.17) is 9.47 Å². The number of amides is 1. The van der Waals surface area contributed by atoms with Crippen LogP contribution in [0.15, 0.2) is 60.2 Å². The van der Waals surface area contributed by atoms with Crippen molar-refractivity contribution < 1.29 is 24.2 Å².